The van der Waals surface area contributed by atoms with Gasteiger partial charge in [0, 0.05) is 6.04 Å². The zero-order valence-corrected chi connectivity index (χ0v) is 9.35. The van der Waals surface area contributed by atoms with Crippen molar-refractivity contribution in [1.82, 2.24) is 0 Å². The molecule has 1 rings (SSSR count). The molecule has 2 N–H and O–H groups in total. The van der Waals surface area contributed by atoms with Gasteiger partial charge >= 0.3 is 0 Å². The van der Waals surface area contributed by atoms with Crippen molar-refractivity contribution in [2.75, 3.05) is 0 Å². The molecule has 0 aliphatic rings. The molecule has 1 unspecified atom stereocenters. The largest absolute Gasteiger partial charge is 0.328 e. The van der Waals surface area contributed by atoms with E-state index < -0.39 is 5.67 Å². The number of alkyl halides is 1. The van der Waals surface area contributed by atoms with Gasteiger partial charge in [-0.15, -0.1) is 0 Å². The normalized spacial score (nSPS) is 14.0. The summed E-state index contributed by atoms with van der Waals surface area (Å²) in [7, 11) is 0. The predicted octanol–water partition coefficient (Wildman–Crippen LogP) is 2.92. The summed E-state index contributed by atoms with van der Waals surface area (Å²) >= 11 is 0. The number of hydrogen-bond donors (Lipinski definition) is 1. The molecule has 1 nitrogen and oxygen atoms in total. The van der Waals surface area contributed by atoms with Crippen LogP contribution in [0.4, 0.5) is 8.78 Å². The highest BCUT2D eigenvalue weighted by Crippen LogP contribution is 2.26. The Morgan fingerprint density at radius 2 is 2.00 bits per heavy atom. The molecule has 0 amide bonds. The second kappa shape index (κ2) is 4.27. The molecule has 0 aromatic heterocycles. The average molecular weight is 213 g/mol. The Morgan fingerprint density at radius 3 is 2.47 bits per heavy atom. The minimum absolute atomic E-state index is 0.127. The molecular formula is C12H17F2N. The van der Waals surface area contributed by atoms with Crippen LogP contribution in [0.1, 0.15) is 31.9 Å². The maximum atomic E-state index is 13.6. The minimum atomic E-state index is -1.44. The maximum Gasteiger partial charge on any atom is 0.130 e. The van der Waals surface area contributed by atoms with Crippen LogP contribution in [0.3, 0.4) is 0 Å². The van der Waals surface area contributed by atoms with Crippen LogP contribution in [0.2, 0.25) is 0 Å². The molecule has 0 aliphatic heterocycles. The molecule has 0 spiro atoms. The van der Waals surface area contributed by atoms with Gasteiger partial charge in [0.2, 0.25) is 0 Å². The molecule has 1 aromatic carbocycles. The van der Waals surface area contributed by atoms with Crippen LogP contribution in [-0.4, -0.2) is 6.04 Å². The Hall–Kier alpha value is -0.960. The standard InChI is InChI=1S/C12H17F2N/c1-8(15)6-9-7-10(12(2,3)14)4-5-11(9)13/h4-5,7-8H,6,15H2,1-3H3. The van der Waals surface area contributed by atoms with Gasteiger partial charge in [0.1, 0.15) is 11.5 Å². The molecule has 0 saturated carbocycles. The number of nitrogens with two attached hydrogens (primary N) is 1. The van der Waals surface area contributed by atoms with Crippen molar-refractivity contribution in [2.24, 2.45) is 5.73 Å². The van der Waals surface area contributed by atoms with E-state index in [9.17, 15) is 8.78 Å². The molecule has 0 fully saturated rings. The van der Waals surface area contributed by atoms with Crippen LogP contribution in [-0.2, 0) is 12.1 Å². The zero-order valence-electron chi connectivity index (χ0n) is 9.35. The Morgan fingerprint density at radius 1 is 1.40 bits per heavy atom. The summed E-state index contributed by atoms with van der Waals surface area (Å²) in [5, 5.41) is 0. The first-order valence-corrected chi connectivity index (χ1v) is 5.04. The van der Waals surface area contributed by atoms with Crippen LogP contribution in [0.15, 0.2) is 18.2 Å². The van der Waals surface area contributed by atoms with E-state index in [-0.39, 0.29) is 11.9 Å². The van der Waals surface area contributed by atoms with Gasteiger partial charge in [-0.2, -0.15) is 0 Å². The highest BCUT2D eigenvalue weighted by atomic mass is 19.1. The van der Waals surface area contributed by atoms with E-state index in [0.29, 0.717) is 17.5 Å². The van der Waals surface area contributed by atoms with Crippen LogP contribution in [0, 0.1) is 5.82 Å². The molecule has 0 saturated heterocycles. The Labute approximate surface area is 89.3 Å². The number of benzene rings is 1. The van der Waals surface area contributed by atoms with E-state index in [0.717, 1.165) is 0 Å². The third-order valence-corrected chi connectivity index (χ3v) is 2.27. The lowest BCUT2D eigenvalue weighted by Gasteiger charge is -2.16. The lowest BCUT2D eigenvalue weighted by atomic mass is 9.96. The number of rotatable bonds is 3. The van der Waals surface area contributed by atoms with E-state index in [1.54, 1.807) is 13.0 Å². The second-order valence-corrected chi connectivity index (χ2v) is 4.46. The topological polar surface area (TPSA) is 26.0 Å². The summed E-state index contributed by atoms with van der Waals surface area (Å²) in [4.78, 5) is 0. The molecule has 84 valence electrons. The van der Waals surface area contributed by atoms with E-state index in [4.69, 9.17) is 5.73 Å². The highest BCUT2D eigenvalue weighted by molar-refractivity contribution is 5.29. The average Bonchev–Trinajstić information content (AvgIpc) is 2.06. The van der Waals surface area contributed by atoms with Crippen LogP contribution < -0.4 is 5.73 Å². The minimum Gasteiger partial charge on any atom is -0.328 e. The highest BCUT2D eigenvalue weighted by Gasteiger charge is 2.20. The summed E-state index contributed by atoms with van der Waals surface area (Å²) in [6, 6.07) is 4.20. The fourth-order valence-corrected chi connectivity index (χ4v) is 1.45. The first kappa shape index (κ1) is 12.1. The summed E-state index contributed by atoms with van der Waals surface area (Å²) in [5.74, 6) is -0.319. The van der Waals surface area contributed by atoms with E-state index in [2.05, 4.69) is 0 Å². The molecule has 15 heavy (non-hydrogen) atoms. The molecule has 3 heteroatoms. The Balaban J connectivity index is 3.06. The van der Waals surface area contributed by atoms with Crippen molar-refractivity contribution < 1.29 is 8.78 Å². The molecule has 1 aromatic rings. The van der Waals surface area contributed by atoms with Gasteiger partial charge in [0.05, 0.1) is 0 Å². The lowest BCUT2D eigenvalue weighted by molar-refractivity contribution is 0.221. The Bertz CT molecular complexity index is 340. The van der Waals surface area contributed by atoms with Crippen molar-refractivity contribution in [3.8, 4) is 0 Å². The van der Waals surface area contributed by atoms with Gasteiger partial charge in [0.25, 0.3) is 0 Å². The van der Waals surface area contributed by atoms with Gasteiger partial charge < -0.3 is 5.73 Å². The molecular weight excluding hydrogens is 196 g/mol. The van der Waals surface area contributed by atoms with Crippen LogP contribution in [0.25, 0.3) is 0 Å². The fraction of sp³-hybridized carbons (Fsp3) is 0.500. The first-order valence-electron chi connectivity index (χ1n) is 5.04. The summed E-state index contributed by atoms with van der Waals surface area (Å²) in [6.07, 6.45) is 0.426. The quantitative estimate of drug-likeness (QED) is 0.820. The third-order valence-electron chi connectivity index (χ3n) is 2.27. The van der Waals surface area contributed by atoms with Gasteiger partial charge in [-0.25, -0.2) is 8.78 Å². The molecule has 1 atom stereocenters. The van der Waals surface area contributed by atoms with Crippen molar-refractivity contribution in [2.45, 2.75) is 38.9 Å². The van der Waals surface area contributed by atoms with E-state index >= 15 is 0 Å². The van der Waals surface area contributed by atoms with Gasteiger partial charge in [0.15, 0.2) is 0 Å². The zero-order chi connectivity index (χ0) is 11.6. The van der Waals surface area contributed by atoms with E-state index in [1.807, 2.05) is 0 Å². The second-order valence-electron chi connectivity index (χ2n) is 4.46. The maximum absolute atomic E-state index is 13.6. The number of halogens is 2. The third kappa shape index (κ3) is 3.27. The predicted molar refractivity (Wildman–Crippen MR) is 57.9 cm³/mol. The summed E-state index contributed by atoms with van der Waals surface area (Å²) in [6.45, 7) is 4.71. The molecule has 0 aliphatic carbocycles. The monoisotopic (exact) mass is 213 g/mol. The van der Waals surface area contributed by atoms with Crippen molar-refractivity contribution in [1.29, 1.82) is 0 Å². The van der Waals surface area contributed by atoms with Gasteiger partial charge in [-0.05, 0) is 50.5 Å². The van der Waals surface area contributed by atoms with Crippen molar-refractivity contribution in [3.63, 3.8) is 0 Å². The van der Waals surface area contributed by atoms with Gasteiger partial charge in [-0.3, -0.25) is 0 Å². The SMILES string of the molecule is CC(N)Cc1cc(C(C)(C)F)ccc1F. The molecule has 0 bridgehead atoms. The van der Waals surface area contributed by atoms with Crippen LogP contribution >= 0.6 is 0 Å². The lowest BCUT2D eigenvalue weighted by Crippen LogP contribution is -2.19. The molecule has 0 radical (unpaired) electrons. The van der Waals surface area contributed by atoms with Gasteiger partial charge in [-0.1, -0.05) is 6.07 Å². The molecule has 0 heterocycles. The fourth-order valence-electron chi connectivity index (χ4n) is 1.45. The summed E-state index contributed by atoms with van der Waals surface area (Å²) in [5.41, 5.74) is 5.11. The smallest absolute Gasteiger partial charge is 0.130 e. The van der Waals surface area contributed by atoms with Crippen molar-refractivity contribution in [3.05, 3.63) is 35.1 Å². The Kier molecular flexibility index (Phi) is 3.45. The number of hydrogen-bond acceptors (Lipinski definition) is 1. The summed E-state index contributed by atoms with van der Waals surface area (Å²) < 4.78 is 27.0. The first-order chi connectivity index (χ1) is 6.80. The van der Waals surface area contributed by atoms with Crippen LogP contribution in [0.5, 0.6) is 0 Å². The van der Waals surface area contributed by atoms with E-state index in [1.165, 1.54) is 26.0 Å². The van der Waals surface area contributed by atoms with Crippen molar-refractivity contribution >= 4 is 0 Å².